The van der Waals surface area contributed by atoms with Crippen molar-refractivity contribution in [2.24, 2.45) is 0 Å². The molecule has 1 N–H and O–H groups in total. The topological polar surface area (TPSA) is 51.2 Å². The van der Waals surface area contributed by atoms with Gasteiger partial charge in [-0.1, -0.05) is 20.3 Å². The average Bonchev–Trinajstić information content (AvgIpc) is 2.45. The highest BCUT2D eigenvalue weighted by atomic mass is 16.5. The number of aryl methyl sites for hydroxylation is 3. The molecule has 0 radical (unpaired) electrons. The fourth-order valence-electron chi connectivity index (χ4n) is 2.22. The fraction of sp³-hybridized carbons (Fsp3) is 0.647. The molecule has 1 aromatic rings. The van der Waals surface area contributed by atoms with Crippen molar-refractivity contribution in [3.63, 3.8) is 0 Å². The second kappa shape index (κ2) is 10.3. The van der Waals surface area contributed by atoms with Crippen LogP contribution in [0.2, 0.25) is 0 Å². The quantitative estimate of drug-likeness (QED) is 0.675. The van der Waals surface area contributed by atoms with Gasteiger partial charge in [0.15, 0.2) is 0 Å². The smallest absolute Gasteiger partial charge is 0.220 e. The van der Waals surface area contributed by atoms with E-state index in [1.165, 1.54) is 5.56 Å². The van der Waals surface area contributed by atoms with Crippen molar-refractivity contribution in [3.8, 4) is 0 Å². The number of nitrogens with zero attached hydrogens (tertiary/aromatic N) is 1. The summed E-state index contributed by atoms with van der Waals surface area (Å²) in [5.74, 6) is 0.0652. The Morgan fingerprint density at radius 3 is 2.71 bits per heavy atom. The monoisotopic (exact) mass is 292 g/mol. The van der Waals surface area contributed by atoms with E-state index in [2.05, 4.69) is 36.3 Å². The number of carbonyl (C=O) groups is 1. The maximum atomic E-state index is 11.8. The third-order valence-electron chi connectivity index (χ3n) is 3.13. The van der Waals surface area contributed by atoms with Crippen LogP contribution in [-0.2, 0) is 22.4 Å². The van der Waals surface area contributed by atoms with E-state index in [1.54, 1.807) is 0 Å². The van der Waals surface area contributed by atoms with Gasteiger partial charge in [0.05, 0.1) is 6.61 Å². The lowest BCUT2D eigenvalue weighted by molar-refractivity contribution is -0.121. The van der Waals surface area contributed by atoms with Crippen molar-refractivity contribution in [3.05, 3.63) is 29.1 Å². The Morgan fingerprint density at radius 2 is 2.00 bits per heavy atom. The molecule has 0 aliphatic heterocycles. The van der Waals surface area contributed by atoms with Crippen molar-refractivity contribution in [1.82, 2.24) is 10.3 Å². The van der Waals surface area contributed by atoms with E-state index in [0.717, 1.165) is 37.3 Å². The summed E-state index contributed by atoms with van der Waals surface area (Å²) in [5.41, 5.74) is 3.36. The number of hydrogen-bond acceptors (Lipinski definition) is 3. The van der Waals surface area contributed by atoms with Crippen LogP contribution in [0.1, 0.15) is 50.1 Å². The first-order valence-electron chi connectivity index (χ1n) is 7.96. The predicted octanol–water partition coefficient (Wildman–Crippen LogP) is 2.82. The predicted molar refractivity (Wildman–Crippen MR) is 85.4 cm³/mol. The van der Waals surface area contributed by atoms with Crippen molar-refractivity contribution < 1.29 is 9.53 Å². The molecule has 0 aliphatic rings. The lowest BCUT2D eigenvalue weighted by Gasteiger charge is -2.07. The normalized spacial score (nSPS) is 10.6. The molecule has 0 saturated carbocycles. The molecule has 0 saturated heterocycles. The maximum Gasteiger partial charge on any atom is 0.220 e. The van der Waals surface area contributed by atoms with E-state index in [0.29, 0.717) is 26.0 Å². The summed E-state index contributed by atoms with van der Waals surface area (Å²) in [6.45, 7) is 8.17. The Hall–Kier alpha value is -1.42. The minimum Gasteiger partial charge on any atom is -0.380 e. The molecule has 1 aromatic heterocycles. The molecule has 4 nitrogen and oxygen atoms in total. The molecule has 0 spiro atoms. The van der Waals surface area contributed by atoms with E-state index in [9.17, 15) is 4.79 Å². The zero-order valence-corrected chi connectivity index (χ0v) is 13.6. The van der Waals surface area contributed by atoms with Gasteiger partial charge in [-0.2, -0.15) is 0 Å². The van der Waals surface area contributed by atoms with Crippen LogP contribution in [0.4, 0.5) is 0 Å². The van der Waals surface area contributed by atoms with Crippen LogP contribution < -0.4 is 5.32 Å². The standard InChI is InChI=1S/C17H28N2O2/c1-4-6-15-12-14(3)19-16(13-15)7-8-17(20)18-9-11-21-10-5-2/h12-13H,4-11H2,1-3H3,(H,18,20). The van der Waals surface area contributed by atoms with Crippen LogP contribution >= 0.6 is 0 Å². The van der Waals surface area contributed by atoms with Gasteiger partial charge < -0.3 is 10.1 Å². The zero-order valence-electron chi connectivity index (χ0n) is 13.6. The van der Waals surface area contributed by atoms with E-state index in [-0.39, 0.29) is 5.91 Å². The van der Waals surface area contributed by atoms with Gasteiger partial charge in [-0.05, 0) is 43.9 Å². The van der Waals surface area contributed by atoms with Crippen LogP contribution in [0.15, 0.2) is 12.1 Å². The Morgan fingerprint density at radius 1 is 1.19 bits per heavy atom. The van der Waals surface area contributed by atoms with Gasteiger partial charge in [0.2, 0.25) is 5.91 Å². The molecule has 0 bridgehead atoms. The first-order chi connectivity index (χ1) is 10.2. The van der Waals surface area contributed by atoms with E-state index >= 15 is 0 Å². The summed E-state index contributed by atoms with van der Waals surface area (Å²) in [6.07, 6.45) is 4.38. The van der Waals surface area contributed by atoms with Gasteiger partial charge in [-0.25, -0.2) is 0 Å². The van der Waals surface area contributed by atoms with Gasteiger partial charge in [0, 0.05) is 31.0 Å². The average molecular weight is 292 g/mol. The summed E-state index contributed by atoms with van der Waals surface area (Å²) in [7, 11) is 0. The Bertz CT molecular complexity index is 433. The Labute approximate surface area is 128 Å². The van der Waals surface area contributed by atoms with Crippen LogP contribution in [0.3, 0.4) is 0 Å². The first kappa shape index (κ1) is 17.6. The zero-order chi connectivity index (χ0) is 15.5. The largest absolute Gasteiger partial charge is 0.380 e. The number of rotatable bonds is 10. The van der Waals surface area contributed by atoms with Gasteiger partial charge in [0.25, 0.3) is 0 Å². The van der Waals surface area contributed by atoms with Gasteiger partial charge in [-0.3, -0.25) is 9.78 Å². The highest BCUT2D eigenvalue weighted by molar-refractivity contribution is 5.76. The minimum atomic E-state index is 0.0652. The Balaban J connectivity index is 2.32. The molecule has 0 atom stereocenters. The van der Waals surface area contributed by atoms with E-state index in [4.69, 9.17) is 4.74 Å². The fourth-order valence-corrected chi connectivity index (χ4v) is 2.22. The molecule has 4 heteroatoms. The second-order valence-electron chi connectivity index (χ2n) is 5.32. The molecule has 0 aliphatic carbocycles. The van der Waals surface area contributed by atoms with Gasteiger partial charge in [-0.15, -0.1) is 0 Å². The summed E-state index contributed by atoms with van der Waals surface area (Å²) in [4.78, 5) is 16.3. The summed E-state index contributed by atoms with van der Waals surface area (Å²) < 4.78 is 5.33. The first-order valence-corrected chi connectivity index (χ1v) is 7.96. The number of nitrogens with one attached hydrogen (secondary N) is 1. The molecule has 0 aromatic carbocycles. The molecule has 118 valence electrons. The third kappa shape index (κ3) is 7.81. The Kier molecular flexibility index (Phi) is 8.67. The van der Waals surface area contributed by atoms with Crippen LogP contribution in [0, 0.1) is 6.92 Å². The number of amides is 1. The maximum absolute atomic E-state index is 11.8. The lowest BCUT2D eigenvalue weighted by atomic mass is 10.1. The van der Waals surface area contributed by atoms with Crippen molar-refractivity contribution >= 4 is 5.91 Å². The van der Waals surface area contributed by atoms with Crippen LogP contribution in [-0.4, -0.2) is 30.6 Å². The van der Waals surface area contributed by atoms with Crippen molar-refractivity contribution in [1.29, 1.82) is 0 Å². The summed E-state index contributed by atoms with van der Waals surface area (Å²) in [6, 6.07) is 4.24. The van der Waals surface area contributed by atoms with Crippen molar-refractivity contribution in [2.45, 2.75) is 52.9 Å². The number of hydrogen-bond donors (Lipinski definition) is 1. The second-order valence-corrected chi connectivity index (χ2v) is 5.32. The molecule has 1 heterocycles. The number of pyridine rings is 1. The number of ether oxygens (including phenoxy) is 1. The molecule has 1 rings (SSSR count). The number of aromatic nitrogens is 1. The molecule has 0 fully saturated rings. The molecule has 1 amide bonds. The summed E-state index contributed by atoms with van der Waals surface area (Å²) in [5, 5.41) is 2.87. The van der Waals surface area contributed by atoms with Crippen LogP contribution in [0.5, 0.6) is 0 Å². The van der Waals surface area contributed by atoms with Gasteiger partial charge >= 0.3 is 0 Å². The molecular formula is C17H28N2O2. The number of carbonyl (C=O) groups excluding carboxylic acids is 1. The minimum absolute atomic E-state index is 0.0652. The SMILES string of the molecule is CCCOCCNC(=O)CCc1cc(CCC)cc(C)n1. The van der Waals surface area contributed by atoms with E-state index < -0.39 is 0 Å². The highest BCUT2D eigenvalue weighted by Crippen LogP contribution is 2.09. The van der Waals surface area contributed by atoms with Gasteiger partial charge in [0.1, 0.15) is 0 Å². The molecular weight excluding hydrogens is 264 g/mol. The highest BCUT2D eigenvalue weighted by Gasteiger charge is 2.05. The van der Waals surface area contributed by atoms with E-state index in [1.807, 2.05) is 6.92 Å². The molecule has 21 heavy (non-hydrogen) atoms. The lowest BCUT2D eigenvalue weighted by Crippen LogP contribution is -2.27. The van der Waals surface area contributed by atoms with Crippen molar-refractivity contribution in [2.75, 3.05) is 19.8 Å². The van der Waals surface area contributed by atoms with Crippen LogP contribution in [0.25, 0.3) is 0 Å². The third-order valence-corrected chi connectivity index (χ3v) is 3.13. The summed E-state index contributed by atoms with van der Waals surface area (Å²) >= 11 is 0. The molecule has 0 unspecified atom stereocenters.